The van der Waals surface area contributed by atoms with Gasteiger partial charge in [0.05, 0.1) is 0 Å². The number of alkyl carbamates (subject to hydrolysis) is 1. The molecule has 0 saturated heterocycles. The lowest BCUT2D eigenvalue weighted by Crippen LogP contribution is -2.34. The van der Waals surface area contributed by atoms with Crippen molar-refractivity contribution in [2.24, 2.45) is 0 Å². The molecule has 6 nitrogen and oxygen atoms in total. The van der Waals surface area contributed by atoms with Gasteiger partial charge in [0.25, 0.3) is 0 Å². The lowest BCUT2D eigenvalue weighted by Gasteiger charge is -2.13. The molecular weight excluding hydrogens is 224 g/mol. The summed E-state index contributed by atoms with van der Waals surface area (Å²) in [5.74, 6) is -1.19. The summed E-state index contributed by atoms with van der Waals surface area (Å²) in [4.78, 5) is 26.0. The summed E-state index contributed by atoms with van der Waals surface area (Å²) in [6.45, 7) is 3.39. The minimum Gasteiger partial charge on any atom is -0.479 e. The van der Waals surface area contributed by atoms with Crippen molar-refractivity contribution in [3.05, 3.63) is 42.7 Å². The van der Waals surface area contributed by atoms with Crippen LogP contribution >= 0.6 is 0 Å². The molecule has 6 heteroatoms. The number of amides is 1. The number of ether oxygens (including phenoxy) is 1. The van der Waals surface area contributed by atoms with Crippen molar-refractivity contribution in [1.82, 2.24) is 10.3 Å². The molecule has 0 spiro atoms. The number of hydrogen-bond acceptors (Lipinski definition) is 4. The Bertz CT molecular complexity index is 405. The number of nitrogens with one attached hydrogen (secondary N) is 1. The van der Waals surface area contributed by atoms with E-state index in [2.05, 4.69) is 21.6 Å². The number of carbonyl (C=O) groups is 2. The molecular formula is C11H12N2O4. The summed E-state index contributed by atoms with van der Waals surface area (Å²) in [5.41, 5.74) is 0.371. The van der Waals surface area contributed by atoms with Gasteiger partial charge in [-0.3, -0.25) is 4.98 Å². The fourth-order valence-corrected chi connectivity index (χ4v) is 1.13. The Morgan fingerprint density at radius 3 is 2.94 bits per heavy atom. The zero-order valence-electron chi connectivity index (χ0n) is 9.00. The van der Waals surface area contributed by atoms with Crippen LogP contribution in [0.4, 0.5) is 4.79 Å². The minimum absolute atomic E-state index is 0.0191. The van der Waals surface area contributed by atoms with Gasteiger partial charge in [-0.15, -0.1) is 0 Å². The first-order chi connectivity index (χ1) is 8.15. The van der Waals surface area contributed by atoms with Crippen LogP contribution in [-0.2, 0) is 9.53 Å². The molecule has 0 fully saturated rings. The van der Waals surface area contributed by atoms with E-state index < -0.39 is 18.1 Å². The summed E-state index contributed by atoms with van der Waals surface area (Å²) < 4.78 is 4.64. The van der Waals surface area contributed by atoms with Crippen LogP contribution in [0, 0.1) is 0 Å². The number of carboxylic acids is 1. The van der Waals surface area contributed by atoms with Crippen molar-refractivity contribution in [3.63, 3.8) is 0 Å². The van der Waals surface area contributed by atoms with Crippen molar-refractivity contribution in [1.29, 1.82) is 0 Å². The maximum Gasteiger partial charge on any atom is 0.408 e. The highest BCUT2D eigenvalue weighted by molar-refractivity contribution is 5.81. The molecule has 1 rings (SSSR count). The molecule has 1 atom stereocenters. The molecule has 0 saturated carbocycles. The number of aromatic nitrogens is 1. The third-order valence-electron chi connectivity index (χ3n) is 1.86. The van der Waals surface area contributed by atoms with Crippen LogP contribution in [-0.4, -0.2) is 28.8 Å². The number of carbonyl (C=O) groups excluding carboxylic acids is 1. The Balaban J connectivity index is 2.71. The molecule has 1 unspecified atom stereocenters. The maximum atomic E-state index is 11.2. The molecule has 1 aromatic rings. The van der Waals surface area contributed by atoms with Gasteiger partial charge in [-0.1, -0.05) is 18.7 Å². The molecule has 1 aromatic heterocycles. The van der Waals surface area contributed by atoms with Crippen molar-refractivity contribution in [2.45, 2.75) is 6.04 Å². The Hall–Kier alpha value is -2.37. The standard InChI is InChI=1S/C11H12N2O4/c1-2-6-17-11(16)13-9(10(14)15)8-4-3-5-12-7-8/h2-5,7,9H,1,6H2,(H,13,16)(H,14,15). The third-order valence-corrected chi connectivity index (χ3v) is 1.86. The van der Waals surface area contributed by atoms with Gasteiger partial charge in [-0.05, 0) is 6.07 Å². The Labute approximate surface area is 97.9 Å². The minimum atomic E-state index is -1.19. The average molecular weight is 236 g/mol. The van der Waals surface area contributed by atoms with Crippen LogP contribution in [0.3, 0.4) is 0 Å². The van der Waals surface area contributed by atoms with E-state index in [1.165, 1.54) is 18.5 Å². The molecule has 0 aliphatic rings. The summed E-state index contributed by atoms with van der Waals surface area (Å²) in [5, 5.41) is 11.2. The van der Waals surface area contributed by atoms with Crippen LogP contribution in [0.1, 0.15) is 11.6 Å². The lowest BCUT2D eigenvalue weighted by atomic mass is 10.1. The zero-order valence-corrected chi connectivity index (χ0v) is 9.00. The van der Waals surface area contributed by atoms with Crippen molar-refractivity contribution < 1.29 is 19.4 Å². The van der Waals surface area contributed by atoms with Gasteiger partial charge in [0, 0.05) is 18.0 Å². The van der Waals surface area contributed by atoms with Crippen molar-refractivity contribution in [3.8, 4) is 0 Å². The average Bonchev–Trinajstić information content (AvgIpc) is 2.34. The highest BCUT2D eigenvalue weighted by Gasteiger charge is 2.22. The van der Waals surface area contributed by atoms with Gasteiger partial charge in [-0.25, -0.2) is 9.59 Å². The van der Waals surface area contributed by atoms with Crippen LogP contribution in [0.25, 0.3) is 0 Å². The number of aliphatic carboxylic acids is 1. The second-order valence-electron chi connectivity index (χ2n) is 3.09. The normalized spacial score (nSPS) is 11.3. The van der Waals surface area contributed by atoms with Gasteiger partial charge < -0.3 is 15.2 Å². The van der Waals surface area contributed by atoms with E-state index in [1.54, 1.807) is 12.1 Å². The van der Waals surface area contributed by atoms with Crippen molar-refractivity contribution >= 4 is 12.1 Å². The van der Waals surface area contributed by atoms with Crippen LogP contribution in [0.5, 0.6) is 0 Å². The predicted molar refractivity (Wildman–Crippen MR) is 59.3 cm³/mol. The number of rotatable bonds is 5. The van der Waals surface area contributed by atoms with Crippen LogP contribution in [0.15, 0.2) is 37.2 Å². The number of carboxylic acid groups (broad SMARTS) is 1. The first kappa shape index (κ1) is 12.7. The topological polar surface area (TPSA) is 88.5 Å². The largest absolute Gasteiger partial charge is 0.479 e. The molecule has 90 valence electrons. The van der Waals surface area contributed by atoms with Crippen LogP contribution in [0.2, 0.25) is 0 Å². The monoisotopic (exact) mass is 236 g/mol. The molecule has 0 aliphatic carbocycles. The first-order valence-electron chi connectivity index (χ1n) is 4.82. The number of nitrogens with zero attached hydrogens (tertiary/aromatic N) is 1. The van der Waals surface area contributed by atoms with Crippen LogP contribution < -0.4 is 5.32 Å². The highest BCUT2D eigenvalue weighted by atomic mass is 16.5. The van der Waals surface area contributed by atoms with E-state index in [0.717, 1.165) is 0 Å². The van der Waals surface area contributed by atoms with Gasteiger partial charge in [0.2, 0.25) is 0 Å². The van der Waals surface area contributed by atoms with E-state index >= 15 is 0 Å². The van der Waals surface area contributed by atoms with E-state index in [-0.39, 0.29) is 6.61 Å². The van der Waals surface area contributed by atoms with Gasteiger partial charge in [0.1, 0.15) is 6.61 Å². The van der Waals surface area contributed by atoms with E-state index in [9.17, 15) is 9.59 Å². The Kier molecular flexibility index (Phi) is 4.68. The fourth-order valence-electron chi connectivity index (χ4n) is 1.13. The Morgan fingerprint density at radius 2 is 2.41 bits per heavy atom. The van der Waals surface area contributed by atoms with Crippen molar-refractivity contribution in [2.75, 3.05) is 6.61 Å². The number of hydrogen-bond donors (Lipinski definition) is 2. The quantitative estimate of drug-likeness (QED) is 0.748. The SMILES string of the molecule is C=CCOC(=O)NC(C(=O)O)c1cccnc1. The Morgan fingerprint density at radius 1 is 1.65 bits per heavy atom. The van der Waals surface area contributed by atoms with Gasteiger partial charge in [-0.2, -0.15) is 0 Å². The molecule has 0 aliphatic heterocycles. The maximum absolute atomic E-state index is 11.2. The van der Waals surface area contributed by atoms with E-state index in [0.29, 0.717) is 5.56 Å². The summed E-state index contributed by atoms with van der Waals surface area (Å²) in [6.07, 6.45) is 3.45. The summed E-state index contributed by atoms with van der Waals surface area (Å²) in [6, 6.07) is 1.96. The predicted octanol–water partition coefficient (Wildman–Crippen LogP) is 1.12. The first-order valence-corrected chi connectivity index (χ1v) is 4.82. The second kappa shape index (κ2) is 6.26. The van der Waals surface area contributed by atoms with Gasteiger partial charge in [0.15, 0.2) is 6.04 Å². The molecule has 0 aromatic carbocycles. The molecule has 17 heavy (non-hydrogen) atoms. The molecule has 1 amide bonds. The summed E-state index contributed by atoms with van der Waals surface area (Å²) in [7, 11) is 0. The van der Waals surface area contributed by atoms with E-state index in [1.807, 2.05) is 0 Å². The fraction of sp³-hybridized carbons (Fsp3) is 0.182. The lowest BCUT2D eigenvalue weighted by molar-refractivity contribution is -0.139. The third kappa shape index (κ3) is 3.94. The second-order valence-corrected chi connectivity index (χ2v) is 3.09. The molecule has 1 heterocycles. The van der Waals surface area contributed by atoms with E-state index in [4.69, 9.17) is 5.11 Å². The zero-order chi connectivity index (χ0) is 12.7. The van der Waals surface area contributed by atoms with Gasteiger partial charge >= 0.3 is 12.1 Å². The highest BCUT2D eigenvalue weighted by Crippen LogP contribution is 2.11. The molecule has 0 bridgehead atoms. The smallest absolute Gasteiger partial charge is 0.408 e. The summed E-state index contributed by atoms with van der Waals surface area (Å²) >= 11 is 0. The molecule has 2 N–H and O–H groups in total. The number of pyridine rings is 1. The molecule has 0 radical (unpaired) electrons.